The van der Waals surface area contributed by atoms with Gasteiger partial charge in [-0.05, 0) is 25.0 Å². The van der Waals surface area contributed by atoms with Crippen LogP contribution in [-0.4, -0.2) is 14.7 Å². The topological polar surface area (TPSA) is 38.0 Å². The molecule has 1 N–H and O–H groups in total. The second-order valence-corrected chi connectivity index (χ2v) is 4.41. The highest BCUT2D eigenvalue weighted by atomic mass is 19.1. The molecular formula is C14H17FN2O. The molecule has 0 radical (unpaired) electrons. The van der Waals surface area contributed by atoms with E-state index in [1.165, 1.54) is 6.07 Å². The predicted molar refractivity (Wildman–Crippen MR) is 67.7 cm³/mol. The highest BCUT2D eigenvalue weighted by Gasteiger charge is 2.19. The fourth-order valence-electron chi connectivity index (χ4n) is 1.99. The first kappa shape index (κ1) is 12.8. The third-order valence-electron chi connectivity index (χ3n) is 2.91. The summed E-state index contributed by atoms with van der Waals surface area (Å²) < 4.78 is 15.7. The molecule has 4 heteroatoms. The second kappa shape index (κ2) is 5.31. The molecule has 0 aliphatic heterocycles. The van der Waals surface area contributed by atoms with Crippen molar-refractivity contribution in [1.29, 1.82) is 0 Å². The molecule has 18 heavy (non-hydrogen) atoms. The summed E-state index contributed by atoms with van der Waals surface area (Å²) in [6, 6.07) is 4.82. The van der Waals surface area contributed by atoms with Crippen LogP contribution in [0.3, 0.4) is 0 Å². The number of benzene rings is 1. The van der Waals surface area contributed by atoms with Crippen LogP contribution in [0.4, 0.5) is 4.39 Å². The van der Waals surface area contributed by atoms with Crippen molar-refractivity contribution in [2.24, 2.45) is 0 Å². The lowest BCUT2D eigenvalue weighted by atomic mass is 10.1. The number of hydrogen-bond acceptors (Lipinski definition) is 2. The van der Waals surface area contributed by atoms with Crippen molar-refractivity contribution in [3.8, 4) is 0 Å². The van der Waals surface area contributed by atoms with E-state index in [-0.39, 0.29) is 5.56 Å². The van der Waals surface area contributed by atoms with Gasteiger partial charge in [-0.2, -0.15) is 0 Å². The minimum Gasteiger partial charge on any atom is -0.380 e. The van der Waals surface area contributed by atoms with E-state index in [9.17, 15) is 9.50 Å². The van der Waals surface area contributed by atoms with Gasteiger partial charge in [0.15, 0.2) is 0 Å². The highest BCUT2D eigenvalue weighted by molar-refractivity contribution is 5.28. The Hall–Kier alpha value is -1.68. The Kier molecular flexibility index (Phi) is 3.77. The normalized spacial score (nSPS) is 12.7. The molecule has 0 spiro atoms. The van der Waals surface area contributed by atoms with Gasteiger partial charge in [0.25, 0.3) is 0 Å². The molecule has 0 bridgehead atoms. The molecule has 1 heterocycles. The van der Waals surface area contributed by atoms with E-state index < -0.39 is 11.9 Å². The number of rotatable bonds is 4. The zero-order chi connectivity index (χ0) is 13.1. The van der Waals surface area contributed by atoms with Gasteiger partial charge in [0.2, 0.25) is 0 Å². The predicted octanol–water partition coefficient (Wildman–Crippen LogP) is 2.82. The number of hydrogen-bond donors (Lipinski definition) is 1. The first-order valence-corrected chi connectivity index (χ1v) is 6.08. The monoisotopic (exact) mass is 248 g/mol. The van der Waals surface area contributed by atoms with Gasteiger partial charge < -0.3 is 9.67 Å². The van der Waals surface area contributed by atoms with E-state index in [1.54, 1.807) is 24.5 Å². The Bertz CT molecular complexity index is 536. The summed E-state index contributed by atoms with van der Waals surface area (Å²) in [4.78, 5) is 4.12. The summed E-state index contributed by atoms with van der Waals surface area (Å²) in [7, 11) is 0. The standard InChI is InChI=1S/C14H17FN2O/c1-3-7-17-8-6-16-14(17)13(18)11-5-4-10(2)9-12(11)15/h4-6,8-9,13,18H,3,7H2,1-2H3. The molecule has 1 aromatic heterocycles. The highest BCUT2D eigenvalue weighted by Crippen LogP contribution is 2.24. The van der Waals surface area contributed by atoms with Gasteiger partial charge in [0.1, 0.15) is 17.7 Å². The number of aliphatic hydroxyl groups excluding tert-OH is 1. The largest absolute Gasteiger partial charge is 0.380 e. The molecule has 0 saturated heterocycles. The summed E-state index contributed by atoms with van der Waals surface area (Å²) in [6.07, 6.45) is 3.34. The summed E-state index contributed by atoms with van der Waals surface area (Å²) in [6.45, 7) is 4.62. The first-order valence-electron chi connectivity index (χ1n) is 6.08. The average molecular weight is 248 g/mol. The van der Waals surface area contributed by atoms with Gasteiger partial charge in [-0.1, -0.05) is 19.1 Å². The molecule has 0 amide bonds. The molecular weight excluding hydrogens is 231 g/mol. The minimum atomic E-state index is -1.02. The second-order valence-electron chi connectivity index (χ2n) is 4.41. The first-order chi connectivity index (χ1) is 8.63. The smallest absolute Gasteiger partial charge is 0.142 e. The van der Waals surface area contributed by atoms with Crippen LogP contribution in [0.1, 0.15) is 36.4 Å². The zero-order valence-electron chi connectivity index (χ0n) is 10.6. The van der Waals surface area contributed by atoms with Crippen LogP contribution in [-0.2, 0) is 6.54 Å². The molecule has 3 nitrogen and oxygen atoms in total. The van der Waals surface area contributed by atoms with Gasteiger partial charge in [-0.15, -0.1) is 0 Å². The van der Waals surface area contributed by atoms with Gasteiger partial charge in [0, 0.05) is 24.5 Å². The van der Waals surface area contributed by atoms with Gasteiger partial charge in [0.05, 0.1) is 0 Å². The van der Waals surface area contributed by atoms with Crippen LogP contribution in [0.5, 0.6) is 0 Å². The molecule has 1 aromatic carbocycles. The van der Waals surface area contributed by atoms with Crippen LogP contribution >= 0.6 is 0 Å². The minimum absolute atomic E-state index is 0.268. The lowest BCUT2D eigenvalue weighted by Gasteiger charge is -2.14. The lowest BCUT2D eigenvalue weighted by molar-refractivity contribution is 0.199. The average Bonchev–Trinajstić information content (AvgIpc) is 2.77. The van der Waals surface area contributed by atoms with E-state index in [4.69, 9.17) is 0 Å². The number of imidazole rings is 1. The Balaban J connectivity index is 2.35. The fraction of sp³-hybridized carbons (Fsp3) is 0.357. The molecule has 0 aliphatic rings. The fourth-order valence-corrected chi connectivity index (χ4v) is 1.99. The molecule has 0 fully saturated rings. The van der Waals surface area contributed by atoms with Crippen molar-refractivity contribution >= 4 is 0 Å². The molecule has 0 saturated carbocycles. The van der Waals surface area contributed by atoms with Gasteiger partial charge >= 0.3 is 0 Å². The molecule has 1 unspecified atom stereocenters. The van der Waals surface area contributed by atoms with Crippen molar-refractivity contribution in [1.82, 2.24) is 9.55 Å². The maximum atomic E-state index is 13.8. The molecule has 96 valence electrons. The Labute approximate surface area is 106 Å². The van der Waals surface area contributed by atoms with Crippen molar-refractivity contribution in [3.63, 3.8) is 0 Å². The maximum absolute atomic E-state index is 13.8. The SMILES string of the molecule is CCCn1ccnc1C(O)c1ccc(C)cc1F. The number of aliphatic hydroxyl groups is 1. The Morgan fingerprint density at radius 1 is 1.44 bits per heavy atom. The summed E-state index contributed by atoms with van der Waals surface area (Å²) in [5, 5.41) is 10.2. The zero-order valence-corrected chi connectivity index (χ0v) is 10.6. The van der Waals surface area contributed by atoms with Crippen LogP contribution in [0.15, 0.2) is 30.6 Å². The Morgan fingerprint density at radius 2 is 2.22 bits per heavy atom. The van der Waals surface area contributed by atoms with Crippen LogP contribution in [0.2, 0.25) is 0 Å². The molecule has 2 aromatic rings. The van der Waals surface area contributed by atoms with Crippen LogP contribution in [0.25, 0.3) is 0 Å². The summed E-state index contributed by atoms with van der Waals surface area (Å²) in [5.41, 5.74) is 1.10. The van der Waals surface area contributed by atoms with E-state index in [0.717, 1.165) is 18.5 Å². The quantitative estimate of drug-likeness (QED) is 0.903. The lowest BCUT2D eigenvalue weighted by Crippen LogP contribution is -2.11. The van der Waals surface area contributed by atoms with E-state index in [0.29, 0.717) is 5.82 Å². The van der Waals surface area contributed by atoms with Crippen molar-refractivity contribution in [3.05, 3.63) is 53.4 Å². The van der Waals surface area contributed by atoms with E-state index in [2.05, 4.69) is 4.98 Å². The number of nitrogens with zero attached hydrogens (tertiary/aromatic N) is 2. The van der Waals surface area contributed by atoms with Crippen molar-refractivity contribution < 1.29 is 9.50 Å². The molecule has 1 atom stereocenters. The van der Waals surface area contributed by atoms with Crippen LogP contribution < -0.4 is 0 Å². The van der Waals surface area contributed by atoms with Gasteiger partial charge in [-0.3, -0.25) is 0 Å². The number of aryl methyl sites for hydroxylation is 2. The molecule has 2 rings (SSSR count). The van der Waals surface area contributed by atoms with E-state index >= 15 is 0 Å². The van der Waals surface area contributed by atoms with Crippen molar-refractivity contribution in [2.75, 3.05) is 0 Å². The summed E-state index contributed by atoms with van der Waals surface area (Å²) >= 11 is 0. The third-order valence-corrected chi connectivity index (χ3v) is 2.91. The van der Waals surface area contributed by atoms with Crippen molar-refractivity contribution in [2.45, 2.75) is 32.9 Å². The molecule has 0 aliphatic carbocycles. The van der Waals surface area contributed by atoms with Gasteiger partial charge in [-0.25, -0.2) is 9.37 Å². The number of halogens is 1. The summed E-state index contributed by atoms with van der Waals surface area (Å²) in [5.74, 6) is 0.0909. The van der Waals surface area contributed by atoms with E-state index in [1.807, 2.05) is 18.4 Å². The van der Waals surface area contributed by atoms with Crippen LogP contribution in [0, 0.1) is 12.7 Å². The third kappa shape index (κ3) is 2.43. The number of aromatic nitrogens is 2. The Morgan fingerprint density at radius 3 is 2.89 bits per heavy atom. The maximum Gasteiger partial charge on any atom is 0.142 e.